The zero-order valence-corrected chi connectivity index (χ0v) is 11.7. The number of anilines is 1. The molecule has 3 rings (SSSR count). The lowest BCUT2D eigenvalue weighted by atomic mass is 10.1. The van der Waals surface area contributed by atoms with Crippen molar-refractivity contribution in [2.75, 3.05) is 19.0 Å². The highest BCUT2D eigenvalue weighted by Gasteiger charge is 2.07. The van der Waals surface area contributed by atoms with Gasteiger partial charge in [0.15, 0.2) is 0 Å². The molecule has 1 heterocycles. The van der Waals surface area contributed by atoms with E-state index in [1.165, 1.54) is 11.3 Å². The van der Waals surface area contributed by atoms with Crippen LogP contribution >= 0.6 is 0 Å². The van der Waals surface area contributed by atoms with Gasteiger partial charge in [0, 0.05) is 25.3 Å². The molecule has 0 radical (unpaired) electrons. The van der Waals surface area contributed by atoms with E-state index in [2.05, 4.69) is 46.4 Å². The summed E-state index contributed by atoms with van der Waals surface area (Å²) < 4.78 is 1.97. The van der Waals surface area contributed by atoms with E-state index in [9.17, 15) is 0 Å². The fourth-order valence-electron chi connectivity index (χ4n) is 2.23. The molecule has 0 saturated heterocycles. The first-order valence-corrected chi connectivity index (χ1v) is 6.63. The minimum absolute atomic E-state index is 1.07. The van der Waals surface area contributed by atoms with Crippen molar-refractivity contribution in [3.05, 3.63) is 66.9 Å². The molecule has 3 heteroatoms. The molecule has 0 N–H and O–H groups in total. The fourth-order valence-corrected chi connectivity index (χ4v) is 2.23. The van der Waals surface area contributed by atoms with Crippen LogP contribution in [0.15, 0.2) is 66.9 Å². The Labute approximate surface area is 119 Å². The third kappa shape index (κ3) is 2.30. The molecule has 100 valence electrons. The molecule has 2 aromatic carbocycles. The van der Waals surface area contributed by atoms with E-state index in [0.29, 0.717) is 0 Å². The quantitative estimate of drug-likeness (QED) is 0.720. The highest BCUT2D eigenvalue weighted by Crippen LogP contribution is 2.23. The van der Waals surface area contributed by atoms with E-state index in [0.717, 1.165) is 11.4 Å². The molecular formula is C17H17N3. The third-order valence-corrected chi connectivity index (χ3v) is 3.32. The van der Waals surface area contributed by atoms with Crippen LogP contribution in [-0.2, 0) is 0 Å². The van der Waals surface area contributed by atoms with Crippen LogP contribution in [0.4, 0.5) is 5.69 Å². The molecule has 0 unspecified atom stereocenters. The number of benzene rings is 2. The van der Waals surface area contributed by atoms with Crippen molar-refractivity contribution in [2.45, 2.75) is 0 Å². The van der Waals surface area contributed by atoms with Crippen LogP contribution in [0.1, 0.15) is 0 Å². The molecule has 3 nitrogen and oxygen atoms in total. The van der Waals surface area contributed by atoms with Gasteiger partial charge in [0.05, 0.1) is 17.6 Å². The molecule has 0 aliphatic carbocycles. The van der Waals surface area contributed by atoms with Crippen molar-refractivity contribution in [3.8, 4) is 16.9 Å². The molecule has 1 aromatic heterocycles. The van der Waals surface area contributed by atoms with Crippen molar-refractivity contribution in [3.63, 3.8) is 0 Å². The summed E-state index contributed by atoms with van der Waals surface area (Å²) in [5.74, 6) is 0. The zero-order valence-electron chi connectivity index (χ0n) is 11.7. The summed E-state index contributed by atoms with van der Waals surface area (Å²) in [4.78, 5) is 2.09. The van der Waals surface area contributed by atoms with Crippen LogP contribution in [0, 0.1) is 0 Å². The Bertz CT molecular complexity index is 682. The molecule has 20 heavy (non-hydrogen) atoms. The molecule has 0 amide bonds. The second-order valence-corrected chi connectivity index (χ2v) is 4.91. The van der Waals surface area contributed by atoms with Crippen LogP contribution in [-0.4, -0.2) is 23.9 Å². The molecule has 0 atom stereocenters. The SMILES string of the molecule is CN(C)c1ccc(-n2nccc2-c2ccccc2)cc1. The lowest BCUT2D eigenvalue weighted by Gasteiger charge is -2.13. The molecule has 0 fully saturated rings. The number of hydrogen-bond donors (Lipinski definition) is 0. The number of nitrogens with zero attached hydrogens (tertiary/aromatic N) is 3. The summed E-state index contributed by atoms with van der Waals surface area (Å²) in [6.45, 7) is 0. The summed E-state index contributed by atoms with van der Waals surface area (Å²) in [6.07, 6.45) is 1.84. The topological polar surface area (TPSA) is 21.1 Å². The van der Waals surface area contributed by atoms with Crippen molar-refractivity contribution in [2.24, 2.45) is 0 Å². The Morgan fingerprint density at radius 3 is 2.20 bits per heavy atom. The molecule has 3 aromatic rings. The summed E-state index contributed by atoms with van der Waals surface area (Å²) >= 11 is 0. The average Bonchev–Trinajstić information content (AvgIpc) is 2.97. The molecule has 0 aliphatic heterocycles. The lowest BCUT2D eigenvalue weighted by Crippen LogP contribution is -2.08. The maximum Gasteiger partial charge on any atom is 0.0740 e. The Morgan fingerprint density at radius 2 is 1.55 bits per heavy atom. The maximum atomic E-state index is 4.44. The van der Waals surface area contributed by atoms with Gasteiger partial charge in [-0.15, -0.1) is 0 Å². The molecule has 0 saturated carbocycles. The van der Waals surface area contributed by atoms with Crippen LogP contribution in [0.5, 0.6) is 0 Å². The molecular weight excluding hydrogens is 246 g/mol. The van der Waals surface area contributed by atoms with Crippen LogP contribution in [0.2, 0.25) is 0 Å². The predicted octanol–water partition coefficient (Wildman–Crippen LogP) is 3.61. The third-order valence-electron chi connectivity index (χ3n) is 3.32. The summed E-state index contributed by atoms with van der Waals surface area (Å²) in [5.41, 5.74) is 4.52. The normalized spacial score (nSPS) is 10.5. The number of rotatable bonds is 3. The van der Waals surface area contributed by atoms with Crippen molar-refractivity contribution in [1.29, 1.82) is 0 Å². The second kappa shape index (κ2) is 5.21. The largest absolute Gasteiger partial charge is 0.378 e. The molecule has 0 spiro atoms. The van der Waals surface area contributed by atoms with Gasteiger partial charge in [0.2, 0.25) is 0 Å². The van der Waals surface area contributed by atoms with Crippen molar-refractivity contribution < 1.29 is 0 Å². The summed E-state index contributed by atoms with van der Waals surface area (Å²) in [5, 5.41) is 4.44. The van der Waals surface area contributed by atoms with Crippen LogP contribution in [0.3, 0.4) is 0 Å². The maximum absolute atomic E-state index is 4.44. The molecule has 0 aliphatic rings. The van der Waals surface area contributed by atoms with Crippen LogP contribution < -0.4 is 4.90 Å². The summed E-state index contributed by atoms with van der Waals surface area (Å²) in [6, 6.07) is 20.7. The minimum Gasteiger partial charge on any atom is -0.378 e. The molecule has 0 bridgehead atoms. The highest BCUT2D eigenvalue weighted by molar-refractivity contribution is 5.62. The second-order valence-electron chi connectivity index (χ2n) is 4.91. The lowest BCUT2D eigenvalue weighted by molar-refractivity contribution is 0.887. The Morgan fingerprint density at radius 1 is 0.850 bits per heavy atom. The van der Waals surface area contributed by atoms with Gasteiger partial charge in [-0.3, -0.25) is 0 Å². The van der Waals surface area contributed by atoms with E-state index in [-0.39, 0.29) is 0 Å². The van der Waals surface area contributed by atoms with Gasteiger partial charge in [0.25, 0.3) is 0 Å². The van der Waals surface area contributed by atoms with Crippen molar-refractivity contribution in [1.82, 2.24) is 9.78 Å². The first kappa shape index (κ1) is 12.5. The standard InChI is InChI=1S/C17H17N3/c1-19(2)15-8-10-16(11-9-15)20-17(12-13-18-20)14-6-4-3-5-7-14/h3-13H,1-2H3. The smallest absolute Gasteiger partial charge is 0.0740 e. The van der Waals surface area contributed by atoms with E-state index < -0.39 is 0 Å². The summed E-state index contributed by atoms with van der Waals surface area (Å²) in [7, 11) is 4.08. The first-order valence-electron chi connectivity index (χ1n) is 6.63. The van der Waals surface area contributed by atoms with E-state index in [1.54, 1.807) is 0 Å². The van der Waals surface area contributed by atoms with Gasteiger partial charge >= 0.3 is 0 Å². The zero-order chi connectivity index (χ0) is 13.9. The highest BCUT2D eigenvalue weighted by atomic mass is 15.3. The van der Waals surface area contributed by atoms with Crippen molar-refractivity contribution >= 4 is 5.69 Å². The van der Waals surface area contributed by atoms with E-state index >= 15 is 0 Å². The van der Waals surface area contributed by atoms with Gasteiger partial charge < -0.3 is 4.90 Å². The Balaban J connectivity index is 2.01. The first-order chi connectivity index (χ1) is 9.75. The number of hydrogen-bond acceptors (Lipinski definition) is 2. The van der Waals surface area contributed by atoms with E-state index in [4.69, 9.17) is 0 Å². The minimum atomic E-state index is 1.07. The van der Waals surface area contributed by atoms with Gasteiger partial charge in [0.1, 0.15) is 0 Å². The van der Waals surface area contributed by atoms with E-state index in [1.807, 2.05) is 49.2 Å². The van der Waals surface area contributed by atoms with Gasteiger partial charge in [-0.05, 0) is 30.3 Å². The average molecular weight is 263 g/mol. The van der Waals surface area contributed by atoms with Gasteiger partial charge in [-0.25, -0.2) is 4.68 Å². The predicted molar refractivity (Wildman–Crippen MR) is 83.3 cm³/mol. The van der Waals surface area contributed by atoms with Gasteiger partial charge in [-0.1, -0.05) is 30.3 Å². The van der Waals surface area contributed by atoms with Crippen LogP contribution in [0.25, 0.3) is 16.9 Å². The number of aromatic nitrogens is 2. The fraction of sp³-hybridized carbons (Fsp3) is 0.118. The monoisotopic (exact) mass is 263 g/mol. The Hall–Kier alpha value is -2.55. The Kier molecular flexibility index (Phi) is 3.25. The van der Waals surface area contributed by atoms with Gasteiger partial charge in [-0.2, -0.15) is 5.10 Å².